The third-order valence-corrected chi connectivity index (χ3v) is 9.88. The summed E-state index contributed by atoms with van der Waals surface area (Å²) in [6.07, 6.45) is 47.5. The van der Waals surface area contributed by atoms with Crippen LogP contribution in [0.4, 0.5) is 0 Å². The largest absolute Gasteiger partial charge is 0.394 e. The van der Waals surface area contributed by atoms with Gasteiger partial charge in [-0.3, -0.25) is 4.79 Å². The molecule has 7 unspecified atom stereocenters. The van der Waals surface area contributed by atoms with Crippen molar-refractivity contribution in [2.45, 2.75) is 192 Å². The van der Waals surface area contributed by atoms with Gasteiger partial charge >= 0.3 is 0 Å². The third kappa shape index (κ3) is 28.5. The maximum absolute atomic E-state index is 12.9. The molecule has 0 aromatic carbocycles. The van der Waals surface area contributed by atoms with Crippen molar-refractivity contribution in [2.24, 2.45) is 0 Å². The Morgan fingerprint density at radius 1 is 0.586 bits per heavy atom. The number of aliphatic hydroxyl groups excluding tert-OH is 5. The van der Waals surface area contributed by atoms with Crippen molar-refractivity contribution >= 4 is 5.91 Å². The van der Waals surface area contributed by atoms with Crippen molar-refractivity contribution in [3.05, 3.63) is 97.2 Å². The molecule has 6 N–H and O–H groups in total. The molecule has 0 radical (unpaired) electrons. The van der Waals surface area contributed by atoms with Crippen molar-refractivity contribution < 1.29 is 39.8 Å². The quantitative estimate of drug-likeness (QED) is 0.0274. The smallest absolute Gasteiger partial charge is 0.220 e. The molecule has 58 heavy (non-hydrogen) atoms. The normalized spacial score (nSPS) is 21.8. The lowest BCUT2D eigenvalue weighted by molar-refractivity contribution is -0.302. The summed E-state index contributed by atoms with van der Waals surface area (Å²) in [6.45, 7) is 3.48. The van der Waals surface area contributed by atoms with Gasteiger partial charge in [-0.15, -0.1) is 0 Å². The molecule has 0 bridgehead atoms. The van der Waals surface area contributed by atoms with Crippen LogP contribution in [-0.2, 0) is 14.3 Å². The first kappa shape index (κ1) is 53.1. The van der Waals surface area contributed by atoms with E-state index in [0.717, 1.165) is 96.3 Å². The number of carbonyl (C=O) groups is 1. The summed E-state index contributed by atoms with van der Waals surface area (Å²) in [6, 6.07) is -0.835. The molecule has 1 aliphatic rings. The van der Waals surface area contributed by atoms with Crippen molar-refractivity contribution in [3.63, 3.8) is 0 Å². The van der Waals surface area contributed by atoms with Crippen LogP contribution >= 0.6 is 0 Å². The molecule has 9 heteroatoms. The second-order valence-corrected chi connectivity index (χ2v) is 15.1. The molecule has 1 amide bonds. The van der Waals surface area contributed by atoms with E-state index in [0.29, 0.717) is 6.42 Å². The summed E-state index contributed by atoms with van der Waals surface area (Å²) < 4.78 is 11.2. The minimum atomic E-state index is -1.58. The Bertz CT molecular complexity index is 1220. The summed E-state index contributed by atoms with van der Waals surface area (Å²) >= 11 is 0. The van der Waals surface area contributed by atoms with E-state index >= 15 is 0 Å². The van der Waals surface area contributed by atoms with Gasteiger partial charge in [0, 0.05) is 6.42 Å². The molecule has 0 aromatic heterocycles. The maximum atomic E-state index is 12.9. The Hall–Kier alpha value is -2.89. The topological polar surface area (TPSA) is 149 Å². The zero-order valence-electron chi connectivity index (χ0n) is 36.0. The summed E-state index contributed by atoms with van der Waals surface area (Å²) in [5.74, 6) is -0.206. The lowest BCUT2D eigenvalue weighted by Crippen LogP contribution is -2.60. The Balaban J connectivity index is 2.29. The van der Waals surface area contributed by atoms with Gasteiger partial charge in [0.1, 0.15) is 24.4 Å². The summed E-state index contributed by atoms with van der Waals surface area (Å²) in [4.78, 5) is 12.9. The molecular weight excluding hydrogens is 731 g/mol. The number of carbonyl (C=O) groups excluding carboxylic acids is 1. The fourth-order valence-corrected chi connectivity index (χ4v) is 6.34. The molecule has 0 aliphatic carbocycles. The molecule has 1 aliphatic heterocycles. The minimum Gasteiger partial charge on any atom is -0.394 e. The maximum Gasteiger partial charge on any atom is 0.220 e. The van der Waals surface area contributed by atoms with Crippen LogP contribution in [0, 0.1) is 0 Å². The predicted octanol–water partition coefficient (Wildman–Crippen LogP) is 9.33. The van der Waals surface area contributed by atoms with Gasteiger partial charge in [0.2, 0.25) is 5.91 Å². The highest BCUT2D eigenvalue weighted by molar-refractivity contribution is 5.76. The van der Waals surface area contributed by atoms with Crippen LogP contribution in [0.1, 0.15) is 149 Å². The van der Waals surface area contributed by atoms with E-state index < -0.39 is 49.5 Å². The standard InChI is InChI=1S/C49H81NO8/c1-3-5-7-9-11-13-15-16-17-18-19-20-21-22-23-24-25-26-27-28-29-31-33-35-37-39-45(53)50-42(41-57-49-48(56)47(55)46(54)44(40-51)58-49)43(52)38-36-34-32-30-14-12-10-8-6-4-2/h5-8,11,13-14,16-17,19-20,22-23,30,36,38,42-44,46-49,51-52,54-56H,3-4,9-10,12,15,18,21,24-29,31-35,37,39-41H2,1-2H3,(H,50,53)/b7-5-,8-6+,13-11-,17-16-,20-19-,23-22-,30-14+,38-36+. The molecule has 0 saturated carbocycles. The van der Waals surface area contributed by atoms with Crippen molar-refractivity contribution in [1.29, 1.82) is 0 Å². The van der Waals surface area contributed by atoms with Crippen LogP contribution in [0.3, 0.4) is 0 Å². The first-order chi connectivity index (χ1) is 28.3. The molecule has 9 nitrogen and oxygen atoms in total. The number of hydrogen-bond donors (Lipinski definition) is 6. The Labute approximate surface area is 352 Å². The number of rotatable bonds is 35. The van der Waals surface area contributed by atoms with Crippen LogP contribution in [0.5, 0.6) is 0 Å². The molecule has 1 rings (SSSR count). The molecular formula is C49H81NO8. The van der Waals surface area contributed by atoms with Crippen molar-refractivity contribution in [1.82, 2.24) is 5.32 Å². The lowest BCUT2D eigenvalue weighted by atomic mass is 9.99. The fraction of sp³-hybridized carbons (Fsp3) is 0.653. The lowest BCUT2D eigenvalue weighted by Gasteiger charge is -2.40. The second-order valence-electron chi connectivity index (χ2n) is 15.1. The molecule has 0 spiro atoms. The van der Waals surface area contributed by atoms with Gasteiger partial charge in [-0.25, -0.2) is 0 Å². The highest BCUT2D eigenvalue weighted by Gasteiger charge is 2.44. The van der Waals surface area contributed by atoms with Crippen LogP contribution in [0.2, 0.25) is 0 Å². The Morgan fingerprint density at radius 2 is 1.03 bits per heavy atom. The van der Waals surface area contributed by atoms with E-state index in [1.165, 1.54) is 32.1 Å². The molecule has 7 atom stereocenters. The fourth-order valence-electron chi connectivity index (χ4n) is 6.34. The van der Waals surface area contributed by atoms with Gasteiger partial charge in [-0.1, -0.05) is 156 Å². The van der Waals surface area contributed by atoms with Gasteiger partial charge in [0.25, 0.3) is 0 Å². The molecule has 1 saturated heterocycles. The number of unbranched alkanes of at least 4 members (excludes halogenated alkanes) is 11. The number of ether oxygens (including phenoxy) is 2. The number of nitrogens with one attached hydrogen (secondary N) is 1. The highest BCUT2D eigenvalue weighted by Crippen LogP contribution is 2.22. The number of hydrogen-bond acceptors (Lipinski definition) is 8. The van der Waals surface area contributed by atoms with Crippen molar-refractivity contribution in [2.75, 3.05) is 13.2 Å². The van der Waals surface area contributed by atoms with Crippen LogP contribution in [0.15, 0.2) is 97.2 Å². The molecule has 330 valence electrons. The van der Waals surface area contributed by atoms with E-state index in [1.54, 1.807) is 6.08 Å². The van der Waals surface area contributed by atoms with Gasteiger partial charge in [-0.2, -0.15) is 0 Å². The average Bonchev–Trinajstić information content (AvgIpc) is 3.22. The SMILES string of the molecule is CC/C=C\C/C=C\C/C=C\C/C=C\C/C=C\CCCCCCCCCCCC(=O)NC(COC1OC(CO)C(O)C(O)C1O)C(O)/C=C/CC/C=C/CC/C=C/CC. The summed E-state index contributed by atoms with van der Waals surface area (Å²) in [5.41, 5.74) is 0. The van der Waals surface area contributed by atoms with Crippen LogP contribution < -0.4 is 5.32 Å². The first-order valence-corrected chi connectivity index (χ1v) is 22.5. The zero-order chi connectivity index (χ0) is 42.3. The van der Waals surface area contributed by atoms with E-state index in [-0.39, 0.29) is 12.5 Å². The first-order valence-electron chi connectivity index (χ1n) is 22.5. The van der Waals surface area contributed by atoms with Gasteiger partial charge < -0.3 is 40.3 Å². The monoisotopic (exact) mass is 812 g/mol. The predicted molar refractivity (Wildman–Crippen MR) is 239 cm³/mol. The van der Waals surface area contributed by atoms with Crippen LogP contribution in [-0.4, -0.2) is 87.5 Å². The van der Waals surface area contributed by atoms with E-state index in [1.807, 2.05) is 6.08 Å². The number of allylic oxidation sites excluding steroid dienone is 15. The van der Waals surface area contributed by atoms with E-state index in [9.17, 15) is 30.3 Å². The highest BCUT2D eigenvalue weighted by atomic mass is 16.7. The van der Waals surface area contributed by atoms with E-state index in [4.69, 9.17) is 9.47 Å². The average molecular weight is 812 g/mol. The molecule has 1 fully saturated rings. The van der Waals surface area contributed by atoms with Gasteiger partial charge in [0.15, 0.2) is 6.29 Å². The third-order valence-electron chi connectivity index (χ3n) is 9.88. The Kier molecular flexibility index (Phi) is 35.1. The van der Waals surface area contributed by atoms with Gasteiger partial charge in [0.05, 0.1) is 25.4 Å². The minimum absolute atomic E-state index is 0.206. The molecule has 0 aromatic rings. The Morgan fingerprint density at radius 3 is 1.59 bits per heavy atom. The summed E-state index contributed by atoms with van der Waals surface area (Å²) in [5, 5.41) is 54.0. The number of amides is 1. The zero-order valence-corrected chi connectivity index (χ0v) is 36.0. The van der Waals surface area contributed by atoms with Crippen LogP contribution in [0.25, 0.3) is 0 Å². The van der Waals surface area contributed by atoms with E-state index in [2.05, 4.69) is 104 Å². The summed E-state index contributed by atoms with van der Waals surface area (Å²) in [7, 11) is 0. The second kappa shape index (κ2) is 38.3. The van der Waals surface area contributed by atoms with Gasteiger partial charge in [-0.05, 0) is 83.5 Å². The number of aliphatic hydroxyl groups is 5. The molecule has 1 heterocycles. The van der Waals surface area contributed by atoms with Crippen molar-refractivity contribution in [3.8, 4) is 0 Å².